The Balaban J connectivity index is 2.07. The Morgan fingerprint density at radius 3 is 2.24 bits per heavy atom. The number of ether oxygens (including phenoxy) is 1. The van der Waals surface area contributed by atoms with Gasteiger partial charge in [-0.15, -0.1) is 0 Å². The summed E-state index contributed by atoms with van der Waals surface area (Å²) in [7, 11) is 1.53. The highest BCUT2D eigenvalue weighted by molar-refractivity contribution is 5.70. The highest BCUT2D eigenvalue weighted by atomic mass is 16.5. The van der Waals surface area contributed by atoms with Crippen LogP contribution in [0.3, 0.4) is 0 Å². The molecule has 0 N–H and O–H groups in total. The van der Waals surface area contributed by atoms with Crippen molar-refractivity contribution in [2.45, 2.75) is 70.6 Å². The van der Waals surface area contributed by atoms with Gasteiger partial charge in [-0.1, -0.05) is 38.5 Å². The Kier molecular flexibility index (Phi) is 4.47. The van der Waals surface area contributed by atoms with Gasteiger partial charge in [0.1, 0.15) is 0 Å². The van der Waals surface area contributed by atoms with Crippen molar-refractivity contribution >= 4 is 5.97 Å². The Bertz CT molecular complexity index is 248. The second kappa shape index (κ2) is 5.88. The van der Waals surface area contributed by atoms with Gasteiger partial charge in [0, 0.05) is 0 Å². The molecular weight excluding hydrogens is 212 g/mol. The van der Waals surface area contributed by atoms with Crippen LogP contribution in [-0.4, -0.2) is 13.1 Å². The smallest absolute Gasteiger partial charge is 0.306 e. The summed E-state index contributed by atoms with van der Waals surface area (Å²) in [5, 5.41) is 0. The van der Waals surface area contributed by atoms with Crippen LogP contribution in [0.4, 0.5) is 0 Å². The van der Waals surface area contributed by atoms with E-state index in [2.05, 4.69) is 0 Å². The van der Waals surface area contributed by atoms with E-state index in [1.54, 1.807) is 0 Å². The molecule has 0 bridgehead atoms. The van der Waals surface area contributed by atoms with Gasteiger partial charge in [0.2, 0.25) is 0 Å². The summed E-state index contributed by atoms with van der Waals surface area (Å²) in [5.74, 6) is 0.799. The minimum Gasteiger partial charge on any atom is -0.469 e. The zero-order chi connectivity index (χ0) is 12.1. The van der Waals surface area contributed by atoms with Crippen LogP contribution in [0.25, 0.3) is 0 Å². The van der Waals surface area contributed by atoms with Gasteiger partial charge in [-0.2, -0.15) is 0 Å². The second-order valence-corrected chi connectivity index (χ2v) is 6.01. The predicted molar refractivity (Wildman–Crippen MR) is 68.7 cm³/mol. The number of hydrogen-bond acceptors (Lipinski definition) is 2. The van der Waals surface area contributed by atoms with Crippen LogP contribution in [-0.2, 0) is 9.53 Å². The molecule has 0 aromatic heterocycles. The fourth-order valence-electron chi connectivity index (χ4n) is 4.06. The molecule has 0 aliphatic heterocycles. The van der Waals surface area contributed by atoms with Crippen LogP contribution in [0.1, 0.15) is 70.6 Å². The summed E-state index contributed by atoms with van der Waals surface area (Å²) in [6.45, 7) is 0. The van der Waals surface area contributed by atoms with E-state index < -0.39 is 0 Å². The lowest BCUT2D eigenvalue weighted by molar-refractivity contribution is -0.145. The van der Waals surface area contributed by atoms with E-state index in [1.807, 2.05) is 0 Å². The number of carbonyl (C=O) groups is 1. The van der Waals surface area contributed by atoms with E-state index in [0.29, 0.717) is 11.8 Å². The third-order valence-corrected chi connectivity index (χ3v) is 5.04. The Labute approximate surface area is 105 Å². The van der Waals surface area contributed by atoms with Crippen LogP contribution >= 0.6 is 0 Å². The van der Waals surface area contributed by atoms with E-state index >= 15 is 0 Å². The maximum absolute atomic E-state index is 11.7. The third-order valence-electron chi connectivity index (χ3n) is 5.04. The molecule has 17 heavy (non-hydrogen) atoms. The van der Waals surface area contributed by atoms with Crippen LogP contribution in [0.15, 0.2) is 0 Å². The summed E-state index contributed by atoms with van der Waals surface area (Å²) >= 11 is 0. The molecule has 0 heterocycles. The minimum absolute atomic E-state index is 0.0115. The highest BCUT2D eigenvalue weighted by Crippen LogP contribution is 2.50. The SMILES string of the molecule is COC(=O)CC1(C2CCCCC2)CCCCC1. The standard InChI is InChI=1S/C15H26O2/c1-17-14(16)12-15(10-6-3-7-11-15)13-8-4-2-5-9-13/h13H,2-12H2,1H3. The van der Waals surface area contributed by atoms with Crippen molar-refractivity contribution in [3.05, 3.63) is 0 Å². The molecule has 0 radical (unpaired) electrons. The molecule has 0 aromatic carbocycles. The van der Waals surface area contributed by atoms with Gasteiger partial charge in [0.25, 0.3) is 0 Å². The van der Waals surface area contributed by atoms with Gasteiger partial charge < -0.3 is 4.74 Å². The lowest BCUT2D eigenvalue weighted by Gasteiger charge is -2.45. The Hall–Kier alpha value is -0.530. The number of methoxy groups -OCH3 is 1. The molecule has 2 nitrogen and oxygen atoms in total. The first-order valence-electron chi connectivity index (χ1n) is 7.34. The first-order valence-corrected chi connectivity index (χ1v) is 7.34. The van der Waals surface area contributed by atoms with E-state index in [9.17, 15) is 4.79 Å². The van der Waals surface area contributed by atoms with Crippen LogP contribution in [0.5, 0.6) is 0 Å². The first-order chi connectivity index (χ1) is 8.27. The first kappa shape index (κ1) is 12.9. The lowest BCUT2D eigenvalue weighted by atomic mass is 9.60. The van der Waals surface area contributed by atoms with E-state index in [1.165, 1.54) is 71.3 Å². The molecule has 2 aliphatic carbocycles. The monoisotopic (exact) mass is 238 g/mol. The maximum atomic E-state index is 11.7. The quantitative estimate of drug-likeness (QED) is 0.692. The average Bonchev–Trinajstić information content (AvgIpc) is 2.40. The molecule has 0 spiro atoms. The molecule has 0 atom stereocenters. The van der Waals surface area contributed by atoms with Gasteiger partial charge in [0.15, 0.2) is 0 Å². The van der Waals surface area contributed by atoms with Gasteiger partial charge >= 0.3 is 5.97 Å². The number of carbonyl (C=O) groups excluding carboxylic acids is 1. The van der Waals surface area contributed by atoms with Gasteiger partial charge in [-0.05, 0) is 37.0 Å². The summed E-state index contributed by atoms with van der Waals surface area (Å²) in [6, 6.07) is 0. The minimum atomic E-state index is 0.0115. The molecule has 2 aliphatic rings. The molecule has 0 unspecified atom stereocenters. The summed E-state index contributed by atoms with van der Waals surface area (Å²) in [6.07, 6.45) is 14.0. The van der Waals surface area contributed by atoms with Gasteiger partial charge in [-0.3, -0.25) is 4.79 Å². The second-order valence-electron chi connectivity index (χ2n) is 6.01. The summed E-state index contributed by atoms with van der Waals surface area (Å²) in [4.78, 5) is 11.7. The molecule has 0 aromatic rings. The zero-order valence-corrected chi connectivity index (χ0v) is 11.2. The van der Waals surface area contributed by atoms with Crippen molar-refractivity contribution in [2.24, 2.45) is 11.3 Å². The molecule has 2 rings (SSSR count). The number of hydrogen-bond donors (Lipinski definition) is 0. The molecule has 2 saturated carbocycles. The number of esters is 1. The van der Waals surface area contributed by atoms with Crippen molar-refractivity contribution in [1.82, 2.24) is 0 Å². The van der Waals surface area contributed by atoms with Crippen molar-refractivity contribution in [1.29, 1.82) is 0 Å². The van der Waals surface area contributed by atoms with E-state index in [0.717, 1.165) is 5.92 Å². The van der Waals surface area contributed by atoms with E-state index in [-0.39, 0.29) is 5.97 Å². The molecule has 0 amide bonds. The zero-order valence-electron chi connectivity index (χ0n) is 11.2. The normalized spacial score (nSPS) is 25.5. The summed E-state index contributed by atoms with van der Waals surface area (Å²) in [5.41, 5.74) is 0.297. The molecule has 2 heteroatoms. The fraction of sp³-hybridized carbons (Fsp3) is 0.933. The van der Waals surface area contributed by atoms with Crippen molar-refractivity contribution in [3.63, 3.8) is 0 Å². The van der Waals surface area contributed by atoms with Crippen molar-refractivity contribution < 1.29 is 9.53 Å². The van der Waals surface area contributed by atoms with Crippen molar-refractivity contribution in [2.75, 3.05) is 7.11 Å². The third kappa shape index (κ3) is 3.02. The topological polar surface area (TPSA) is 26.3 Å². The molecule has 2 fully saturated rings. The average molecular weight is 238 g/mol. The molecule has 98 valence electrons. The maximum Gasteiger partial charge on any atom is 0.306 e. The van der Waals surface area contributed by atoms with Crippen LogP contribution in [0.2, 0.25) is 0 Å². The molecular formula is C15H26O2. The Morgan fingerprint density at radius 1 is 1.06 bits per heavy atom. The predicted octanol–water partition coefficient (Wildman–Crippen LogP) is 4.08. The largest absolute Gasteiger partial charge is 0.469 e. The highest BCUT2D eigenvalue weighted by Gasteiger charge is 2.41. The van der Waals surface area contributed by atoms with Gasteiger partial charge in [-0.25, -0.2) is 0 Å². The lowest BCUT2D eigenvalue weighted by Crippen LogP contribution is -2.36. The van der Waals surface area contributed by atoms with E-state index in [4.69, 9.17) is 4.74 Å². The molecule has 0 saturated heterocycles. The van der Waals surface area contributed by atoms with Crippen molar-refractivity contribution in [3.8, 4) is 0 Å². The number of rotatable bonds is 3. The van der Waals surface area contributed by atoms with Crippen LogP contribution < -0.4 is 0 Å². The fourth-order valence-corrected chi connectivity index (χ4v) is 4.06. The van der Waals surface area contributed by atoms with Crippen LogP contribution in [0, 0.1) is 11.3 Å². The Morgan fingerprint density at radius 2 is 1.65 bits per heavy atom. The summed E-state index contributed by atoms with van der Waals surface area (Å²) < 4.78 is 4.93. The van der Waals surface area contributed by atoms with Gasteiger partial charge in [0.05, 0.1) is 13.5 Å².